The number of hydrogen-bond acceptors (Lipinski definition) is 4. The lowest BCUT2D eigenvalue weighted by Gasteiger charge is -2.33. The fourth-order valence-electron chi connectivity index (χ4n) is 3.75. The summed E-state index contributed by atoms with van der Waals surface area (Å²) in [6.45, 7) is 7.44. The second-order valence-corrected chi connectivity index (χ2v) is 6.66. The van der Waals surface area contributed by atoms with E-state index in [0.717, 1.165) is 29.7 Å². The first kappa shape index (κ1) is 13.7. The second-order valence-electron chi connectivity index (χ2n) is 6.66. The fourth-order valence-corrected chi connectivity index (χ4v) is 3.75. The molecule has 0 bridgehead atoms. The quantitative estimate of drug-likeness (QED) is 0.899. The summed E-state index contributed by atoms with van der Waals surface area (Å²) < 4.78 is 0. The number of fused-ring (bicyclic) bond motifs is 1. The van der Waals surface area contributed by atoms with Gasteiger partial charge in [0.15, 0.2) is 0 Å². The molecular weight excluding hydrogens is 248 g/mol. The summed E-state index contributed by atoms with van der Waals surface area (Å²) in [4.78, 5) is 11.8. The van der Waals surface area contributed by atoms with Crippen molar-refractivity contribution in [1.29, 1.82) is 0 Å². The molecule has 2 N–H and O–H groups in total. The molecule has 0 radical (unpaired) electrons. The normalized spacial score (nSPS) is 26.1. The summed E-state index contributed by atoms with van der Waals surface area (Å²) in [5.41, 5.74) is 7.17. The van der Waals surface area contributed by atoms with Crippen molar-refractivity contribution in [2.75, 3.05) is 17.2 Å². The van der Waals surface area contributed by atoms with E-state index in [4.69, 9.17) is 10.7 Å². The summed E-state index contributed by atoms with van der Waals surface area (Å²) in [5, 5.41) is 0. The number of hydrogen-bond donors (Lipinski definition) is 1. The molecule has 20 heavy (non-hydrogen) atoms. The Labute approximate surface area is 121 Å². The van der Waals surface area contributed by atoms with Crippen molar-refractivity contribution in [2.24, 2.45) is 5.92 Å². The topological polar surface area (TPSA) is 55.0 Å². The van der Waals surface area contributed by atoms with Gasteiger partial charge in [-0.1, -0.05) is 26.7 Å². The lowest BCUT2D eigenvalue weighted by atomic mass is 9.85. The molecule has 2 unspecified atom stereocenters. The van der Waals surface area contributed by atoms with Crippen LogP contribution in [0, 0.1) is 12.8 Å². The molecule has 3 rings (SSSR count). The Bertz CT molecular complexity index is 497. The van der Waals surface area contributed by atoms with Gasteiger partial charge < -0.3 is 10.6 Å². The van der Waals surface area contributed by atoms with E-state index >= 15 is 0 Å². The maximum absolute atomic E-state index is 6.12. The first-order chi connectivity index (χ1) is 9.58. The molecule has 0 amide bonds. The van der Waals surface area contributed by atoms with E-state index in [1.54, 1.807) is 0 Å². The average Bonchev–Trinajstić information content (AvgIpc) is 2.85. The Morgan fingerprint density at radius 3 is 2.65 bits per heavy atom. The molecule has 1 aromatic heterocycles. The number of aromatic nitrogens is 2. The third-order valence-corrected chi connectivity index (χ3v) is 4.97. The Morgan fingerprint density at radius 1 is 1.15 bits per heavy atom. The van der Waals surface area contributed by atoms with E-state index in [9.17, 15) is 0 Å². The maximum atomic E-state index is 6.12. The molecule has 1 aliphatic heterocycles. The molecule has 2 atom stereocenters. The third-order valence-electron chi connectivity index (χ3n) is 4.97. The van der Waals surface area contributed by atoms with Crippen molar-refractivity contribution < 1.29 is 0 Å². The number of rotatable bonds is 2. The van der Waals surface area contributed by atoms with E-state index < -0.39 is 0 Å². The van der Waals surface area contributed by atoms with Crippen LogP contribution in [0.5, 0.6) is 0 Å². The van der Waals surface area contributed by atoms with Crippen LogP contribution in [0.15, 0.2) is 0 Å². The molecule has 1 saturated carbocycles. The highest BCUT2D eigenvalue weighted by molar-refractivity contribution is 5.58. The number of nitrogens with zero attached hydrogens (tertiary/aromatic N) is 3. The first-order valence-corrected chi connectivity index (χ1v) is 7.98. The zero-order chi connectivity index (χ0) is 14.3. The van der Waals surface area contributed by atoms with Gasteiger partial charge in [-0.2, -0.15) is 0 Å². The van der Waals surface area contributed by atoms with Crippen molar-refractivity contribution in [3.8, 4) is 0 Å². The minimum atomic E-state index is 0.321. The minimum Gasteiger partial charge on any atom is -0.383 e. The van der Waals surface area contributed by atoms with Crippen LogP contribution < -0.4 is 10.6 Å². The second kappa shape index (κ2) is 5.23. The summed E-state index contributed by atoms with van der Waals surface area (Å²) in [5.74, 6) is 3.80. The standard InChI is InChI=1S/C16H26N4/c1-10(2)15-18-14(17)11(3)16(19-15)20-9-8-12-6-4-5-7-13(12)20/h10,12-13H,4-9H2,1-3H3,(H2,17,18,19). The van der Waals surface area contributed by atoms with Gasteiger partial charge in [-0.15, -0.1) is 0 Å². The Hall–Kier alpha value is -1.32. The Kier molecular flexibility index (Phi) is 3.57. The lowest BCUT2D eigenvalue weighted by Crippen LogP contribution is -2.36. The van der Waals surface area contributed by atoms with Gasteiger partial charge in [0.05, 0.1) is 0 Å². The van der Waals surface area contributed by atoms with E-state index in [1.807, 2.05) is 0 Å². The first-order valence-electron chi connectivity index (χ1n) is 7.98. The summed E-state index contributed by atoms with van der Waals surface area (Å²) in [7, 11) is 0. The molecule has 0 spiro atoms. The van der Waals surface area contributed by atoms with Crippen LogP contribution in [-0.2, 0) is 0 Å². The predicted molar refractivity (Wildman–Crippen MR) is 83.0 cm³/mol. The van der Waals surface area contributed by atoms with E-state index in [0.29, 0.717) is 17.8 Å². The molecule has 2 aliphatic rings. The SMILES string of the molecule is Cc1c(N)nc(C(C)C)nc1N1CCC2CCCCC21. The van der Waals surface area contributed by atoms with Gasteiger partial charge in [-0.25, -0.2) is 9.97 Å². The molecule has 0 aromatic carbocycles. The number of nitrogens with two attached hydrogens (primary N) is 1. The largest absolute Gasteiger partial charge is 0.383 e. The molecule has 1 saturated heterocycles. The number of anilines is 2. The van der Waals surface area contributed by atoms with Gasteiger partial charge in [0.25, 0.3) is 0 Å². The lowest BCUT2D eigenvalue weighted by molar-refractivity contribution is 0.341. The zero-order valence-electron chi connectivity index (χ0n) is 12.9. The molecule has 2 fully saturated rings. The van der Waals surface area contributed by atoms with Crippen molar-refractivity contribution in [2.45, 2.75) is 64.8 Å². The highest BCUT2D eigenvalue weighted by atomic mass is 15.3. The van der Waals surface area contributed by atoms with Gasteiger partial charge in [-0.05, 0) is 32.1 Å². The van der Waals surface area contributed by atoms with Crippen molar-refractivity contribution >= 4 is 11.6 Å². The Morgan fingerprint density at radius 2 is 1.90 bits per heavy atom. The molecule has 1 aromatic rings. The highest BCUT2D eigenvalue weighted by Crippen LogP contribution is 2.39. The molecular formula is C16H26N4. The summed E-state index contributed by atoms with van der Waals surface area (Å²) in [6, 6.07) is 0.678. The van der Waals surface area contributed by atoms with E-state index in [1.165, 1.54) is 32.1 Å². The van der Waals surface area contributed by atoms with Gasteiger partial charge in [0.1, 0.15) is 17.5 Å². The monoisotopic (exact) mass is 274 g/mol. The van der Waals surface area contributed by atoms with Gasteiger partial charge >= 0.3 is 0 Å². The summed E-state index contributed by atoms with van der Waals surface area (Å²) in [6.07, 6.45) is 6.76. The van der Waals surface area contributed by atoms with Crippen LogP contribution in [0.2, 0.25) is 0 Å². The molecule has 4 heteroatoms. The zero-order valence-corrected chi connectivity index (χ0v) is 12.9. The van der Waals surface area contributed by atoms with Crippen LogP contribution in [0.3, 0.4) is 0 Å². The van der Waals surface area contributed by atoms with Gasteiger partial charge in [0, 0.05) is 24.1 Å². The van der Waals surface area contributed by atoms with Crippen LogP contribution in [0.25, 0.3) is 0 Å². The maximum Gasteiger partial charge on any atom is 0.137 e. The fraction of sp³-hybridized carbons (Fsp3) is 0.750. The minimum absolute atomic E-state index is 0.321. The van der Waals surface area contributed by atoms with E-state index in [-0.39, 0.29) is 0 Å². The van der Waals surface area contributed by atoms with Gasteiger partial charge in [-0.3, -0.25) is 0 Å². The van der Waals surface area contributed by atoms with Crippen LogP contribution >= 0.6 is 0 Å². The van der Waals surface area contributed by atoms with Crippen molar-refractivity contribution in [1.82, 2.24) is 9.97 Å². The van der Waals surface area contributed by atoms with E-state index in [2.05, 4.69) is 30.7 Å². The Balaban J connectivity index is 1.97. The molecule has 4 nitrogen and oxygen atoms in total. The predicted octanol–water partition coefficient (Wildman–Crippen LogP) is 3.26. The molecule has 1 aliphatic carbocycles. The molecule has 110 valence electrons. The molecule has 2 heterocycles. The van der Waals surface area contributed by atoms with Crippen molar-refractivity contribution in [3.63, 3.8) is 0 Å². The average molecular weight is 274 g/mol. The van der Waals surface area contributed by atoms with Crippen LogP contribution in [0.4, 0.5) is 11.6 Å². The highest BCUT2D eigenvalue weighted by Gasteiger charge is 2.37. The van der Waals surface area contributed by atoms with Gasteiger partial charge in [0.2, 0.25) is 0 Å². The van der Waals surface area contributed by atoms with Crippen LogP contribution in [-0.4, -0.2) is 22.6 Å². The number of nitrogen functional groups attached to an aromatic ring is 1. The van der Waals surface area contributed by atoms with Crippen LogP contribution in [0.1, 0.15) is 63.3 Å². The third kappa shape index (κ3) is 2.25. The smallest absolute Gasteiger partial charge is 0.137 e. The summed E-state index contributed by atoms with van der Waals surface area (Å²) >= 11 is 0. The van der Waals surface area contributed by atoms with Crippen molar-refractivity contribution in [3.05, 3.63) is 11.4 Å².